The molecule has 3 rings (SSSR count). The normalized spacial score (nSPS) is 11.3. The van der Waals surface area contributed by atoms with Crippen LogP contribution in [0.25, 0.3) is 0 Å². The first-order valence-corrected chi connectivity index (χ1v) is 9.17. The molecule has 0 aliphatic rings. The molecule has 9 heteroatoms. The molecule has 0 saturated heterocycles. The van der Waals surface area contributed by atoms with Crippen LogP contribution >= 0.6 is 0 Å². The number of carbonyl (C=O) groups is 1. The van der Waals surface area contributed by atoms with Gasteiger partial charge in [-0.05, 0) is 42.8 Å². The number of benzene rings is 1. The van der Waals surface area contributed by atoms with Gasteiger partial charge in [0, 0.05) is 12.3 Å². The molecule has 1 amide bonds. The molecule has 0 aliphatic carbocycles. The Bertz CT molecular complexity index is 1090. The molecule has 0 saturated carbocycles. The minimum atomic E-state index is -4.57. The molecule has 30 heavy (non-hydrogen) atoms. The van der Waals surface area contributed by atoms with Gasteiger partial charge in [0.05, 0.1) is 24.4 Å². The third-order valence-corrected chi connectivity index (χ3v) is 4.13. The Hall–Kier alpha value is -3.49. The summed E-state index contributed by atoms with van der Waals surface area (Å²) < 4.78 is 51.5. The van der Waals surface area contributed by atoms with E-state index in [4.69, 9.17) is 9.15 Å². The number of ether oxygens (including phenoxy) is 1. The highest BCUT2D eigenvalue weighted by Gasteiger charge is 2.31. The van der Waals surface area contributed by atoms with Crippen molar-refractivity contribution in [2.45, 2.75) is 26.1 Å². The van der Waals surface area contributed by atoms with Crippen LogP contribution in [0.4, 0.5) is 18.9 Å². The first-order chi connectivity index (χ1) is 14.3. The van der Waals surface area contributed by atoms with Crippen molar-refractivity contribution in [2.24, 2.45) is 0 Å². The van der Waals surface area contributed by atoms with Gasteiger partial charge in [-0.15, -0.1) is 0 Å². The summed E-state index contributed by atoms with van der Waals surface area (Å²) in [6, 6.07) is 10.5. The van der Waals surface area contributed by atoms with Crippen molar-refractivity contribution < 1.29 is 27.1 Å². The fourth-order valence-corrected chi connectivity index (χ4v) is 2.67. The van der Waals surface area contributed by atoms with E-state index < -0.39 is 17.6 Å². The average molecular weight is 420 g/mol. The van der Waals surface area contributed by atoms with E-state index in [1.807, 2.05) is 6.92 Å². The summed E-state index contributed by atoms with van der Waals surface area (Å²) in [4.78, 5) is 24.3. The van der Waals surface area contributed by atoms with Crippen LogP contribution in [0.5, 0.6) is 5.75 Å². The van der Waals surface area contributed by atoms with E-state index in [0.717, 1.165) is 12.1 Å². The SMILES string of the molecule is CCCOc1ccc(C(F)(F)F)cc1NC(=O)c1ccc(Cn2ccccc2=O)o1. The number of rotatable bonds is 7. The lowest BCUT2D eigenvalue weighted by Crippen LogP contribution is -2.18. The minimum Gasteiger partial charge on any atom is -0.491 e. The highest BCUT2D eigenvalue weighted by atomic mass is 19.4. The zero-order valence-corrected chi connectivity index (χ0v) is 16.0. The van der Waals surface area contributed by atoms with E-state index in [2.05, 4.69) is 5.32 Å². The third kappa shape index (κ3) is 5.11. The maximum atomic E-state index is 13.1. The van der Waals surface area contributed by atoms with Crippen LogP contribution in [-0.2, 0) is 12.7 Å². The van der Waals surface area contributed by atoms with Gasteiger partial charge < -0.3 is 19.0 Å². The number of anilines is 1. The minimum absolute atomic E-state index is 0.104. The van der Waals surface area contributed by atoms with Gasteiger partial charge in [-0.1, -0.05) is 13.0 Å². The number of nitrogens with one attached hydrogen (secondary N) is 1. The molecule has 0 atom stereocenters. The summed E-state index contributed by atoms with van der Waals surface area (Å²) in [5.74, 6) is -0.365. The van der Waals surface area contributed by atoms with Gasteiger partial charge in [0.1, 0.15) is 11.5 Å². The van der Waals surface area contributed by atoms with Crippen LogP contribution in [0.15, 0.2) is 63.9 Å². The number of nitrogens with zero attached hydrogens (tertiary/aromatic N) is 1. The summed E-state index contributed by atoms with van der Waals surface area (Å²) in [7, 11) is 0. The van der Waals surface area contributed by atoms with E-state index in [0.29, 0.717) is 12.2 Å². The number of alkyl halides is 3. The van der Waals surface area contributed by atoms with Gasteiger partial charge in [-0.3, -0.25) is 9.59 Å². The van der Waals surface area contributed by atoms with Crippen molar-refractivity contribution >= 4 is 11.6 Å². The van der Waals surface area contributed by atoms with Crippen LogP contribution in [0.3, 0.4) is 0 Å². The molecule has 158 valence electrons. The lowest BCUT2D eigenvalue weighted by Gasteiger charge is -2.14. The molecule has 3 aromatic rings. The highest BCUT2D eigenvalue weighted by Crippen LogP contribution is 2.35. The highest BCUT2D eigenvalue weighted by molar-refractivity contribution is 6.03. The van der Waals surface area contributed by atoms with Crippen molar-refractivity contribution in [3.05, 3.63) is 82.2 Å². The van der Waals surface area contributed by atoms with E-state index in [9.17, 15) is 22.8 Å². The fraction of sp³-hybridized carbons (Fsp3) is 0.238. The smallest absolute Gasteiger partial charge is 0.416 e. The van der Waals surface area contributed by atoms with Crippen molar-refractivity contribution in [2.75, 3.05) is 11.9 Å². The monoisotopic (exact) mass is 420 g/mol. The van der Waals surface area contributed by atoms with Gasteiger partial charge >= 0.3 is 6.18 Å². The van der Waals surface area contributed by atoms with E-state index in [1.54, 1.807) is 18.3 Å². The largest absolute Gasteiger partial charge is 0.491 e. The Balaban J connectivity index is 1.80. The lowest BCUT2D eigenvalue weighted by atomic mass is 10.1. The van der Waals surface area contributed by atoms with Crippen molar-refractivity contribution in [3.8, 4) is 5.75 Å². The van der Waals surface area contributed by atoms with E-state index >= 15 is 0 Å². The predicted molar refractivity (Wildman–Crippen MR) is 104 cm³/mol. The number of aromatic nitrogens is 1. The Morgan fingerprint density at radius 2 is 1.97 bits per heavy atom. The standard InChI is InChI=1S/C21H19F3N2O4/c1-2-11-29-17-8-6-14(21(22,23)24)12-16(17)25-20(28)18-9-7-15(30-18)13-26-10-4-3-5-19(26)27/h3-10,12H,2,11,13H2,1H3,(H,25,28). The number of hydrogen-bond donors (Lipinski definition) is 1. The number of furan rings is 1. The number of hydrogen-bond acceptors (Lipinski definition) is 4. The second kappa shape index (κ2) is 8.89. The number of amides is 1. The molecule has 0 fully saturated rings. The molecule has 0 radical (unpaired) electrons. The van der Waals surface area contributed by atoms with Gasteiger partial charge in [-0.2, -0.15) is 13.2 Å². The van der Waals surface area contributed by atoms with Gasteiger partial charge in [-0.25, -0.2) is 0 Å². The second-order valence-corrected chi connectivity index (χ2v) is 6.44. The summed E-state index contributed by atoms with van der Waals surface area (Å²) >= 11 is 0. The van der Waals surface area contributed by atoms with E-state index in [1.165, 1.54) is 28.8 Å². The third-order valence-electron chi connectivity index (χ3n) is 4.13. The molecule has 1 aromatic carbocycles. The van der Waals surface area contributed by atoms with Crippen LogP contribution in [0.1, 0.15) is 35.2 Å². The number of halogens is 3. The summed E-state index contributed by atoms with van der Waals surface area (Å²) in [6.45, 7) is 2.25. The quantitative estimate of drug-likeness (QED) is 0.609. The van der Waals surface area contributed by atoms with Crippen molar-refractivity contribution in [3.63, 3.8) is 0 Å². The van der Waals surface area contributed by atoms with Crippen LogP contribution in [0.2, 0.25) is 0 Å². The molecular weight excluding hydrogens is 401 g/mol. The summed E-state index contributed by atoms with van der Waals surface area (Å²) in [6.07, 6.45) is -2.34. The Morgan fingerprint density at radius 3 is 2.67 bits per heavy atom. The topological polar surface area (TPSA) is 73.5 Å². The second-order valence-electron chi connectivity index (χ2n) is 6.44. The molecule has 2 heterocycles. The molecule has 0 aliphatic heterocycles. The zero-order chi connectivity index (χ0) is 21.7. The summed E-state index contributed by atoms with van der Waals surface area (Å²) in [5, 5.41) is 2.41. The molecule has 1 N–H and O–H groups in total. The van der Waals surface area contributed by atoms with Crippen LogP contribution in [-0.4, -0.2) is 17.1 Å². The Kier molecular flexibility index (Phi) is 6.29. The lowest BCUT2D eigenvalue weighted by molar-refractivity contribution is -0.137. The zero-order valence-electron chi connectivity index (χ0n) is 16.0. The Morgan fingerprint density at radius 1 is 1.17 bits per heavy atom. The molecule has 6 nitrogen and oxygen atoms in total. The van der Waals surface area contributed by atoms with Crippen molar-refractivity contribution in [1.29, 1.82) is 0 Å². The first-order valence-electron chi connectivity index (χ1n) is 9.17. The predicted octanol–water partition coefficient (Wildman–Crippen LogP) is 4.55. The maximum Gasteiger partial charge on any atom is 0.416 e. The number of carbonyl (C=O) groups excluding carboxylic acids is 1. The first kappa shape index (κ1) is 21.2. The molecule has 2 aromatic heterocycles. The van der Waals surface area contributed by atoms with E-state index in [-0.39, 0.29) is 35.9 Å². The van der Waals surface area contributed by atoms with Gasteiger partial charge in [0.25, 0.3) is 11.5 Å². The Labute approximate surface area is 169 Å². The van der Waals surface area contributed by atoms with Crippen LogP contribution < -0.4 is 15.6 Å². The average Bonchev–Trinajstić information content (AvgIpc) is 3.17. The van der Waals surface area contributed by atoms with Crippen molar-refractivity contribution in [1.82, 2.24) is 4.57 Å². The molecule has 0 unspecified atom stereocenters. The van der Waals surface area contributed by atoms with Crippen LogP contribution in [0, 0.1) is 0 Å². The summed E-state index contributed by atoms with van der Waals surface area (Å²) in [5.41, 5.74) is -1.26. The van der Waals surface area contributed by atoms with Gasteiger partial charge in [0.2, 0.25) is 0 Å². The molecule has 0 bridgehead atoms. The van der Waals surface area contributed by atoms with Gasteiger partial charge in [0.15, 0.2) is 5.76 Å². The molecule has 0 spiro atoms. The number of pyridine rings is 1. The molecular formula is C21H19F3N2O4. The maximum absolute atomic E-state index is 13.1. The fourth-order valence-electron chi connectivity index (χ4n) is 2.67.